The summed E-state index contributed by atoms with van der Waals surface area (Å²) in [4.78, 5) is 97.6. The van der Waals surface area contributed by atoms with Crippen molar-refractivity contribution in [1.29, 1.82) is 0 Å². The van der Waals surface area contributed by atoms with Gasteiger partial charge in [-0.15, -0.1) is 0 Å². The van der Waals surface area contributed by atoms with Crippen LogP contribution in [0.3, 0.4) is 0 Å². The van der Waals surface area contributed by atoms with Crippen LogP contribution in [0.1, 0.15) is 100 Å². The van der Waals surface area contributed by atoms with Crippen molar-refractivity contribution in [2.24, 2.45) is 35.3 Å². The molecule has 1 aromatic rings. The van der Waals surface area contributed by atoms with Crippen LogP contribution in [-0.2, 0) is 33.6 Å². The maximum Gasteiger partial charge on any atom is 0.247 e. The molecule has 1 aliphatic rings. The summed E-state index contributed by atoms with van der Waals surface area (Å²) in [5.74, 6) is -5.71. The van der Waals surface area contributed by atoms with E-state index in [1.807, 2.05) is 78.8 Å². The Morgan fingerprint density at radius 2 is 1.05 bits per heavy atom. The predicted molar refractivity (Wildman–Crippen MR) is 241 cm³/mol. The highest BCUT2D eigenvalue weighted by atomic mass is 33.1. The molecule has 1 saturated heterocycles. The maximum atomic E-state index is 14.2. The Morgan fingerprint density at radius 3 is 1.47 bits per heavy atom. The van der Waals surface area contributed by atoms with Crippen molar-refractivity contribution in [3.05, 3.63) is 42.1 Å². The summed E-state index contributed by atoms with van der Waals surface area (Å²) in [6, 6.07) is 1.88. The number of nitrogens with two attached hydrogens (primary N) is 1. The first-order chi connectivity index (χ1) is 28.4. The smallest absolute Gasteiger partial charge is 0.247 e. The van der Waals surface area contributed by atoms with Crippen molar-refractivity contribution >= 4 is 69.0 Å². The molecule has 0 bridgehead atoms. The average molecular weight is 875 g/mol. The molecular formula is C43H70N8O7S2. The number of rotatable bonds is 14. The Morgan fingerprint density at radius 1 is 0.650 bits per heavy atom. The van der Waals surface area contributed by atoms with Gasteiger partial charge in [0.1, 0.15) is 36.3 Å². The minimum atomic E-state index is -1.14. The number of carbonyl (C=O) groups excluding carboxylic acids is 7. The number of carbonyl (C=O) groups is 7. The second-order valence-corrected chi connectivity index (χ2v) is 18.8. The maximum absolute atomic E-state index is 14.2. The van der Waals surface area contributed by atoms with Crippen LogP contribution < -0.4 is 43.0 Å². The fraction of sp³-hybridized carbons (Fsp3) is 0.651. The summed E-state index contributed by atoms with van der Waals surface area (Å²) in [5.41, 5.74) is 7.01. The summed E-state index contributed by atoms with van der Waals surface area (Å²) in [6.07, 6.45) is 5.22. The van der Waals surface area contributed by atoms with E-state index >= 15 is 0 Å². The summed E-state index contributed by atoms with van der Waals surface area (Å²) < 4.78 is 0. The topological polar surface area (TPSA) is 230 Å². The highest BCUT2D eigenvalue weighted by Crippen LogP contribution is 2.24. The van der Waals surface area contributed by atoms with E-state index in [0.29, 0.717) is 25.7 Å². The van der Waals surface area contributed by atoms with Crippen molar-refractivity contribution in [1.82, 2.24) is 37.2 Å². The van der Waals surface area contributed by atoms with Gasteiger partial charge in [0.25, 0.3) is 0 Å². The summed E-state index contributed by atoms with van der Waals surface area (Å²) >= 11 is 0. The van der Waals surface area contributed by atoms with Gasteiger partial charge in [-0.05, 0) is 41.2 Å². The zero-order chi connectivity index (χ0) is 45.1. The molecule has 1 fully saturated rings. The van der Waals surface area contributed by atoms with Crippen LogP contribution in [0, 0.1) is 29.6 Å². The SMILES string of the molecule is CC[C@H](C)[C@@H]1NC(=O)[C@@H](NC(=O)[C@@H](N)C(C)C)CSSC[C@@H](C(=O)NC=Cc2ccccc2)NC(=O)[C@H]([C@@H](C)CC)NC(=O)[C@H]([C@@H](C)CC)NC(=O)[C@H]([C@@H](C)CC)NC1=O. The third-order valence-corrected chi connectivity index (χ3v) is 13.7. The molecule has 17 heteroatoms. The molecule has 9 N–H and O–H groups in total. The van der Waals surface area contributed by atoms with Crippen LogP contribution in [-0.4, -0.2) is 95.1 Å². The van der Waals surface area contributed by atoms with Crippen LogP contribution in [0.15, 0.2) is 36.5 Å². The molecule has 2 rings (SSSR count). The van der Waals surface area contributed by atoms with Crippen molar-refractivity contribution in [3.63, 3.8) is 0 Å². The first-order valence-corrected chi connectivity index (χ1v) is 23.7. The first-order valence-electron chi connectivity index (χ1n) is 21.2. The molecule has 1 heterocycles. The molecule has 11 atom stereocenters. The molecule has 1 aromatic carbocycles. The highest BCUT2D eigenvalue weighted by molar-refractivity contribution is 8.76. The molecule has 0 aliphatic carbocycles. The summed E-state index contributed by atoms with van der Waals surface area (Å²) in [5, 5.41) is 19.8. The van der Waals surface area contributed by atoms with E-state index in [2.05, 4.69) is 37.2 Å². The molecule has 7 amide bonds. The largest absolute Gasteiger partial charge is 0.342 e. The van der Waals surface area contributed by atoms with Crippen LogP contribution in [0.25, 0.3) is 6.08 Å². The lowest BCUT2D eigenvalue weighted by atomic mass is 9.92. The van der Waals surface area contributed by atoms with Crippen LogP contribution in [0.4, 0.5) is 0 Å². The van der Waals surface area contributed by atoms with E-state index < -0.39 is 83.6 Å². The van der Waals surface area contributed by atoms with E-state index in [4.69, 9.17) is 5.73 Å². The Balaban J connectivity index is 2.68. The number of nitrogens with one attached hydrogen (secondary N) is 7. The number of amides is 7. The van der Waals surface area contributed by atoms with Crippen molar-refractivity contribution in [2.75, 3.05) is 11.5 Å². The Hall–Kier alpha value is -4.09. The van der Waals surface area contributed by atoms with Gasteiger partial charge in [0, 0.05) is 17.7 Å². The number of hydrogen-bond acceptors (Lipinski definition) is 10. The van der Waals surface area contributed by atoms with Gasteiger partial charge in [-0.25, -0.2) is 0 Å². The van der Waals surface area contributed by atoms with E-state index in [1.165, 1.54) is 27.8 Å². The monoisotopic (exact) mass is 874 g/mol. The number of benzene rings is 1. The van der Waals surface area contributed by atoms with Gasteiger partial charge in [0.05, 0.1) is 6.04 Å². The first kappa shape index (κ1) is 52.0. The second-order valence-electron chi connectivity index (χ2n) is 16.2. The van der Waals surface area contributed by atoms with Crippen molar-refractivity contribution < 1.29 is 33.6 Å². The Kier molecular flexibility index (Phi) is 22.8. The van der Waals surface area contributed by atoms with Gasteiger partial charge in [0.2, 0.25) is 41.4 Å². The van der Waals surface area contributed by atoms with Crippen LogP contribution in [0.2, 0.25) is 0 Å². The zero-order valence-electron chi connectivity index (χ0n) is 37.0. The molecular weight excluding hydrogens is 805 g/mol. The van der Waals surface area contributed by atoms with Gasteiger partial charge >= 0.3 is 0 Å². The van der Waals surface area contributed by atoms with Gasteiger partial charge in [0.15, 0.2) is 0 Å². The zero-order valence-corrected chi connectivity index (χ0v) is 38.6. The van der Waals surface area contributed by atoms with Gasteiger partial charge < -0.3 is 43.0 Å². The molecule has 60 heavy (non-hydrogen) atoms. The Bertz CT molecular complexity index is 1620. The normalized spacial score (nSPS) is 25.6. The van der Waals surface area contributed by atoms with Gasteiger partial charge in [-0.3, -0.25) is 33.6 Å². The minimum absolute atomic E-state index is 0.0124. The fourth-order valence-corrected chi connectivity index (χ4v) is 8.43. The molecule has 0 spiro atoms. The third kappa shape index (κ3) is 16.1. The Labute approximate surface area is 364 Å². The van der Waals surface area contributed by atoms with Crippen molar-refractivity contribution in [3.8, 4) is 0 Å². The average Bonchev–Trinajstić information content (AvgIpc) is 3.24. The third-order valence-electron chi connectivity index (χ3n) is 11.3. The number of hydrogen-bond donors (Lipinski definition) is 8. The lowest BCUT2D eigenvalue weighted by molar-refractivity contribution is -0.137. The van der Waals surface area contributed by atoms with Crippen molar-refractivity contribution in [2.45, 2.75) is 137 Å². The quantitative estimate of drug-likeness (QED) is 0.127. The van der Waals surface area contributed by atoms with Crippen LogP contribution in [0.5, 0.6) is 0 Å². The molecule has 336 valence electrons. The van der Waals surface area contributed by atoms with E-state index in [1.54, 1.807) is 26.8 Å². The predicted octanol–water partition coefficient (Wildman–Crippen LogP) is 3.25. The minimum Gasteiger partial charge on any atom is -0.342 e. The molecule has 0 saturated carbocycles. The van der Waals surface area contributed by atoms with E-state index in [0.717, 1.165) is 5.56 Å². The molecule has 0 unspecified atom stereocenters. The molecule has 15 nitrogen and oxygen atoms in total. The fourth-order valence-electron chi connectivity index (χ4n) is 6.11. The molecule has 0 aromatic heterocycles. The highest BCUT2D eigenvalue weighted by Gasteiger charge is 2.38. The molecule has 0 radical (unpaired) electrons. The summed E-state index contributed by atoms with van der Waals surface area (Å²) in [7, 11) is 2.39. The lowest BCUT2D eigenvalue weighted by Gasteiger charge is -2.33. The lowest BCUT2D eigenvalue weighted by Crippen LogP contribution is -2.63. The van der Waals surface area contributed by atoms with E-state index in [9.17, 15) is 33.6 Å². The summed E-state index contributed by atoms with van der Waals surface area (Å²) in [6.45, 7) is 18.3. The molecule has 1 aliphatic heterocycles. The van der Waals surface area contributed by atoms with E-state index in [-0.39, 0.29) is 41.1 Å². The second kappa shape index (κ2) is 26.3. The van der Waals surface area contributed by atoms with Crippen LogP contribution >= 0.6 is 21.6 Å². The standard InChI is InChI=1S/C43H70N8O7S2/c1-11-25(7)33-40(55)47-30(37(52)45-21-20-29-18-16-15-17-19-29)22-59-60-23-31(46-39(54)32(44)24(5)6)38(53)48-34(26(8)12-2)41(56)50-36(28(10)14-4)43(58)51-35(27(9)13-3)42(57)49-33/h15-21,24-28,30-36H,11-14,22-23,44H2,1-10H3,(H,45,52)(H,46,54)(H,47,55)(H,48,53)(H,49,57)(H,50,56)(H,51,58)/t25-,26-,27-,28-,30-,31-,32-,33-,34-,35-,36-/m0/s1. The van der Waals surface area contributed by atoms with Gasteiger partial charge in [-0.2, -0.15) is 0 Å². The van der Waals surface area contributed by atoms with Gasteiger partial charge in [-0.1, -0.05) is 147 Å².